The summed E-state index contributed by atoms with van der Waals surface area (Å²) in [5, 5.41) is 8.32. The van der Waals surface area contributed by atoms with Gasteiger partial charge in [-0.05, 0) is 56.0 Å². The second kappa shape index (κ2) is 8.06. The van der Waals surface area contributed by atoms with Gasteiger partial charge in [0.15, 0.2) is 0 Å². The molecule has 1 saturated heterocycles. The van der Waals surface area contributed by atoms with Crippen molar-refractivity contribution in [2.75, 3.05) is 13.1 Å². The van der Waals surface area contributed by atoms with Gasteiger partial charge in [0.1, 0.15) is 11.3 Å². The lowest BCUT2D eigenvalue weighted by Gasteiger charge is -2.32. The minimum atomic E-state index is -0.154. The molecule has 0 N–H and O–H groups in total. The maximum Gasteiger partial charge on any atom is 0.293 e. The van der Waals surface area contributed by atoms with Crippen molar-refractivity contribution in [1.82, 2.24) is 29.6 Å². The number of imidazole rings is 1. The summed E-state index contributed by atoms with van der Waals surface area (Å²) in [6.07, 6.45) is 3.00. The first kappa shape index (κ1) is 19.6. The van der Waals surface area contributed by atoms with Crippen molar-refractivity contribution in [2.24, 2.45) is 0 Å². The predicted molar refractivity (Wildman–Crippen MR) is 120 cm³/mol. The first-order chi connectivity index (χ1) is 15.1. The third-order valence-corrected chi connectivity index (χ3v) is 6.01. The van der Waals surface area contributed by atoms with Crippen LogP contribution >= 0.6 is 0 Å². The van der Waals surface area contributed by atoms with E-state index in [-0.39, 0.29) is 17.6 Å². The highest BCUT2D eigenvalue weighted by Crippen LogP contribution is 2.30. The third kappa shape index (κ3) is 3.65. The molecule has 0 bridgehead atoms. The first-order valence-electron chi connectivity index (χ1n) is 11.0. The lowest BCUT2D eigenvalue weighted by molar-refractivity contribution is 0.0690. The normalized spacial score (nSPS) is 16.8. The molecule has 5 rings (SSSR count). The molecule has 2 aromatic heterocycles. The number of likely N-dealkylation sites (tertiary alicyclic amines) is 1. The molecule has 1 aliphatic rings. The van der Waals surface area contributed by atoms with Crippen molar-refractivity contribution >= 4 is 28.0 Å². The summed E-state index contributed by atoms with van der Waals surface area (Å²) in [5.74, 6) is 1.29. The highest BCUT2D eigenvalue weighted by atomic mass is 16.2. The average molecular weight is 415 g/mol. The summed E-state index contributed by atoms with van der Waals surface area (Å²) in [7, 11) is 0. The molecule has 7 heteroatoms. The SMILES string of the molecule is CCCn1c(C2CCCN(C(=O)c3nnc4ccc(C)cc4n3)C2)nc2ccccc21. The summed E-state index contributed by atoms with van der Waals surface area (Å²) in [6, 6.07) is 14.1. The fourth-order valence-corrected chi connectivity index (χ4v) is 4.51. The van der Waals surface area contributed by atoms with Crippen LogP contribution in [0.3, 0.4) is 0 Å². The van der Waals surface area contributed by atoms with Gasteiger partial charge in [0.05, 0.1) is 16.6 Å². The van der Waals surface area contributed by atoms with E-state index >= 15 is 0 Å². The number of carbonyl (C=O) groups is 1. The molecule has 1 amide bonds. The van der Waals surface area contributed by atoms with Crippen LogP contribution in [0.5, 0.6) is 0 Å². The molecule has 0 spiro atoms. The summed E-state index contributed by atoms with van der Waals surface area (Å²) < 4.78 is 2.32. The fourth-order valence-electron chi connectivity index (χ4n) is 4.51. The number of hydrogen-bond acceptors (Lipinski definition) is 5. The number of aryl methyl sites for hydroxylation is 2. The smallest absolute Gasteiger partial charge is 0.293 e. The van der Waals surface area contributed by atoms with E-state index in [1.165, 1.54) is 5.52 Å². The number of piperidine rings is 1. The van der Waals surface area contributed by atoms with Crippen LogP contribution in [0, 0.1) is 6.92 Å². The fraction of sp³-hybridized carbons (Fsp3) is 0.375. The Morgan fingerprint density at radius 3 is 2.81 bits per heavy atom. The highest BCUT2D eigenvalue weighted by Gasteiger charge is 2.30. The molecular weight excluding hydrogens is 388 g/mol. The second-order valence-electron chi connectivity index (χ2n) is 8.33. The van der Waals surface area contributed by atoms with Crippen LogP contribution in [-0.2, 0) is 6.54 Å². The lowest BCUT2D eigenvalue weighted by Crippen LogP contribution is -2.40. The quantitative estimate of drug-likeness (QED) is 0.502. The van der Waals surface area contributed by atoms with Crippen molar-refractivity contribution in [3.8, 4) is 0 Å². The van der Waals surface area contributed by atoms with Gasteiger partial charge in [-0.1, -0.05) is 25.1 Å². The van der Waals surface area contributed by atoms with Gasteiger partial charge in [-0.3, -0.25) is 4.79 Å². The van der Waals surface area contributed by atoms with Crippen LogP contribution in [0.1, 0.15) is 54.1 Å². The van der Waals surface area contributed by atoms with Gasteiger partial charge in [0, 0.05) is 25.6 Å². The molecule has 2 aromatic carbocycles. The Hall–Kier alpha value is -3.35. The van der Waals surface area contributed by atoms with Gasteiger partial charge >= 0.3 is 0 Å². The Labute approximate surface area is 181 Å². The van der Waals surface area contributed by atoms with Gasteiger partial charge in [-0.2, -0.15) is 0 Å². The maximum atomic E-state index is 13.2. The van der Waals surface area contributed by atoms with E-state index in [4.69, 9.17) is 4.98 Å². The molecule has 1 unspecified atom stereocenters. The Kier molecular flexibility index (Phi) is 5.10. The number of nitrogens with zero attached hydrogens (tertiary/aromatic N) is 6. The molecular formula is C24H26N6O. The Morgan fingerprint density at radius 2 is 1.94 bits per heavy atom. The van der Waals surface area contributed by atoms with E-state index in [9.17, 15) is 4.79 Å². The van der Waals surface area contributed by atoms with Crippen LogP contribution < -0.4 is 0 Å². The van der Waals surface area contributed by atoms with Crippen molar-refractivity contribution in [3.63, 3.8) is 0 Å². The van der Waals surface area contributed by atoms with Crippen LogP contribution in [-0.4, -0.2) is 48.6 Å². The van der Waals surface area contributed by atoms with E-state index in [0.717, 1.165) is 42.7 Å². The molecule has 1 aliphatic heterocycles. The number of benzene rings is 2. The van der Waals surface area contributed by atoms with E-state index in [2.05, 4.69) is 44.9 Å². The van der Waals surface area contributed by atoms with Crippen molar-refractivity contribution in [2.45, 2.75) is 45.6 Å². The highest BCUT2D eigenvalue weighted by molar-refractivity contribution is 5.92. The molecule has 158 valence electrons. The molecule has 1 atom stereocenters. The number of fused-ring (bicyclic) bond motifs is 2. The molecule has 3 heterocycles. The number of hydrogen-bond donors (Lipinski definition) is 0. The minimum absolute atomic E-state index is 0.154. The van der Waals surface area contributed by atoms with Crippen molar-refractivity contribution < 1.29 is 4.79 Å². The molecule has 7 nitrogen and oxygen atoms in total. The summed E-state index contributed by atoms with van der Waals surface area (Å²) in [5.41, 5.74) is 4.68. The van der Waals surface area contributed by atoms with Gasteiger partial charge in [0.2, 0.25) is 5.82 Å². The topological polar surface area (TPSA) is 76.8 Å². The van der Waals surface area contributed by atoms with Gasteiger partial charge in [-0.25, -0.2) is 9.97 Å². The number of rotatable bonds is 4. The molecule has 1 fully saturated rings. The van der Waals surface area contributed by atoms with Gasteiger partial charge < -0.3 is 9.47 Å². The van der Waals surface area contributed by atoms with Crippen molar-refractivity contribution in [3.05, 3.63) is 59.7 Å². The van der Waals surface area contributed by atoms with E-state index in [1.54, 1.807) is 0 Å². The zero-order valence-electron chi connectivity index (χ0n) is 18.0. The molecule has 31 heavy (non-hydrogen) atoms. The monoisotopic (exact) mass is 414 g/mol. The zero-order valence-corrected chi connectivity index (χ0v) is 18.0. The molecule has 0 saturated carbocycles. The zero-order chi connectivity index (χ0) is 21.4. The Morgan fingerprint density at radius 1 is 1.06 bits per heavy atom. The molecule has 0 radical (unpaired) electrons. The Balaban J connectivity index is 1.44. The van der Waals surface area contributed by atoms with E-state index < -0.39 is 0 Å². The van der Waals surface area contributed by atoms with E-state index in [1.807, 2.05) is 36.1 Å². The largest absolute Gasteiger partial charge is 0.335 e. The standard InChI is InChI=1S/C24H26N6O/c1-3-12-30-21-9-5-4-8-19(21)26-23(30)17-7-6-13-29(15-17)24(31)22-25-20-14-16(2)10-11-18(20)27-28-22/h4-5,8-11,14,17H,3,6-7,12-13,15H2,1-2H3. The van der Waals surface area contributed by atoms with Crippen LogP contribution in [0.25, 0.3) is 22.1 Å². The second-order valence-corrected chi connectivity index (χ2v) is 8.33. The number of aromatic nitrogens is 5. The summed E-state index contributed by atoms with van der Waals surface area (Å²) >= 11 is 0. The number of para-hydroxylation sites is 2. The lowest BCUT2D eigenvalue weighted by atomic mass is 9.97. The predicted octanol–water partition coefficient (Wildman–Crippen LogP) is 4.11. The molecule has 0 aliphatic carbocycles. The van der Waals surface area contributed by atoms with Gasteiger partial charge in [0.25, 0.3) is 5.91 Å². The van der Waals surface area contributed by atoms with E-state index in [0.29, 0.717) is 24.1 Å². The minimum Gasteiger partial charge on any atom is -0.335 e. The number of carbonyl (C=O) groups excluding carboxylic acids is 1. The van der Waals surface area contributed by atoms with Crippen LogP contribution in [0.15, 0.2) is 42.5 Å². The average Bonchev–Trinajstić information content (AvgIpc) is 3.17. The van der Waals surface area contributed by atoms with Crippen LogP contribution in [0.2, 0.25) is 0 Å². The van der Waals surface area contributed by atoms with Crippen molar-refractivity contribution in [1.29, 1.82) is 0 Å². The summed E-state index contributed by atoms with van der Waals surface area (Å²) in [6.45, 7) is 6.44. The molecule has 4 aromatic rings. The third-order valence-electron chi connectivity index (χ3n) is 6.01. The maximum absolute atomic E-state index is 13.2. The first-order valence-corrected chi connectivity index (χ1v) is 11.0. The van der Waals surface area contributed by atoms with Gasteiger partial charge in [-0.15, -0.1) is 10.2 Å². The van der Waals surface area contributed by atoms with Crippen LogP contribution in [0.4, 0.5) is 0 Å². The number of amides is 1. The summed E-state index contributed by atoms with van der Waals surface area (Å²) in [4.78, 5) is 24.5. The Bertz CT molecular complexity index is 1260.